The second kappa shape index (κ2) is 5.03. The summed E-state index contributed by atoms with van der Waals surface area (Å²) in [6, 6.07) is 7.96. The van der Waals surface area contributed by atoms with E-state index >= 15 is 0 Å². The molecule has 22 heavy (non-hydrogen) atoms. The number of ketones is 1. The standard InChI is InChI=1S/C15H7F2NO4/c16-11-3-1-8(6-12(11)17)15(19)14-7-9-5-10(18(20)21)2-4-13(9)22-14/h1-7H. The Balaban J connectivity index is 2.03. The number of hydrogen-bond donors (Lipinski definition) is 0. The predicted octanol–water partition coefficient (Wildman–Crippen LogP) is 3.85. The average molecular weight is 303 g/mol. The van der Waals surface area contributed by atoms with Crippen LogP contribution < -0.4 is 0 Å². The van der Waals surface area contributed by atoms with Gasteiger partial charge in [-0.15, -0.1) is 0 Å². The van der Waals surface area contributed by atoms with Gasteiger partial charge in [-0.25, -0.2) is 8.78 Å². The number of benzene rings is 2. The molecule has 0 aliphatic carbocycles. The topological polar surface area (TPSA) is 73.3 Å². The average Bonchev–Trinajstić information content (AvgIpc) is 2.92. The fraction of sp³-hybridized carbons (Fsp3) is 0. The molecule has 3 aromatic rings. The minimum atomic E-state index is -1.14. The number of carbonyl (C=O) groups is 1. The molecule has 0 aliphatic rings. The van der Waals surface area contributed by atoms with Crippen LogP contribution in [0.3, 0.4) is 0 Å². The van der Waals surface area contributed by atoms with Crippen molar-refractivity contribution >= 4 is 22.4 Å². The van der Waals surface area contributed by atoms with Crippen molar-refractivity contribution in [3.05, 3.63) is 75.5 Å². The van der Waals surface area contributed by atoms with Gasteiger partial charge in [-0.05, 0) is 30.3 Å². The van der Waals surface area contributed by atoms with Crippen molar-refractivity contribution in [3.63, 3.8) is 0 Å². The Kier molecular flexibility index (Phi) is 3.17. The van der Waals surface area contributed by atoms with Crippen LogP contribution in [0.4, 0.5) is 14.5 Å². The van der Waals surface area contributed by atoms with Crippen molar-refractivity contribution in [2.45, 2.75) is 0 Å². The van der Waals surface area contributed by atoms with E-state index in [9.17, 15) is 23.7 Å². The molecule has 1 heterocycles. The molecule has 110 valence electrons. The third-order valence-corrected chi connectivity index (χ3v) is 3.12. The Bertz CT molecular complexity index is 917. The van der Waals surface area contributed by atoms with E-state index in [0.717, 1.165) is 18.2 Å². The smallest absolute Gasteiger partial charge is 0.270 e. The number of carbonyl (C=O) groups excluding carboxylic acids is 1. The Morgan fingerprint density at radius 3 is 2.50 bits per heavy atom. The Labute approximate surface area is 121 Å². The zero-order valence-electron chi connectivity index (χ0n) is 10.9. The summed E-state index contributed by atoms with van der Waals surface area (Å²) in [6.45, 7) is 0. The van der Waals surface area contributed by atoms with Gasteiger partial charge in [0.05, 0.1) is 4.92 Å². The monoisotopic (exact) mass is 303 g/mol. The summed E-state index contributed by atoms with van der Waals surface area (Å²) < 4.78 is 31.3. The molecule has 0 radical (unpaired) electrons. The molecule has 5 nitrogen and oxygen atoms in total. The molecule has 0 amide bonds. The van der Waals surface area contributed by atoms with Crippen LogP contribution >= 0.6 is 0 Å². The number of nitro benzene ring substituents is 1. The fourth-order valence-electron chi connectivity index (χ4n) is 2.04. The van der Waals surface area contributed by atoms with Gasteiger partial charge in [0.15, 0.2) is 17.4 Å². The van der Waals surface area contributed by atoms with Crippen molar-refractivity contribution in [2.24, 2.45) is 0 Å². The number of hydrogen-bond acceptors (Lipinski definition) is 4. The highest BCUT2D eigenvalue weighted by Gasteiger charge is 2.18. The second-order valence-electron chi connectivity index (χ2n) is 4.55. The summed E-state index contributed by atoms with van der Waals surface area (Å²) in [6.07, 6.45) is 0. The van der Waals surface area contributed by atoms with Gasteiger partial charge in [0.25, 0.3) is 5.69 Å². The van der Waals surface area contributed by atoms with Gasteiger partial charge in [0.1, 0.15) is 5.58 Å². The molecule has 0 spiro atoms. The lowest BCUT2D eigenvalue weighted by Gasteiger charge is -1.98. The van der Waals surface area contributed by atoms with E-state index in [2.05, 4.69) is 0 Å². The molecule has 0 saturated heterocycles. The Hall–Kier alpha value is -3.09. The molecule has 0 N–H and O–H groups in total. The van der Waals surface area contributed by atoms with E-state index in [0.29, 0.717) is 5.39 Å². The summed E-state index contributed by atoms with van der Waals surface area (Å²) in [5.41, 5.74) is 0.0733. The van der Waals surface area contributed by atoms with Crippen LogP contribution in [-0.2, 0) is 0 Å². The van der Waals surface area contributed by atoms with E-state index in [1.165, 1.54) is 24.3 Å². The van der Waals surface area contributed by atoms with Gasteiger partial charge in [0, 0.05) is 23.1 Å². The molecule has 2 aromatic carbocycles. The summed E-state index contributed by atoms with van der Waals surface area (Å²) in [4.78, 5) is 22.3. The summed E-state index contributed by atoms with van der Waals surface area (Å²) in [5, 5.41) is 11.1. The number of non-ortho nitro benzene ring substituents is 1. The van der Waals surface area contributed by atoms with E-state index in [-0.39, 0.29) is 22.6 Å². The van der Waals surface area contributed by atoms with Crippen molar-refractivity contribution in [1.82, 2.24) is 0 Å². The summed E-state index contributed by atoms with van der Waals surface area (Å²) in [7, 11) is 0. The van der Waals surface area contributed by atoms with Gasteiger partial charge < -0.3 is 4.42 Å². The Morgan fingerprint density at radius 2 is 1.82 bits per heavy atom. The number of halogens is 2. The van der Waals surface area contributed by atoms with Crippen molar-refractivity contribution < 1.29 is 22.9 Å². The highest BCUT2D eigenvalue weighted by atomic mass is 19.2. The molecule has 1 aromatic heterocycles. The largest absolute Gasteiger partial charge is 0.453 e. The van der Waals surface area contributed by atoms with Crippen LogP contribution in [0.25, 0.3) is 11.0 Å². The quantitative estimate of drug-likeness (QED) is 0.418. The zero-order chi connectivity index (χ0) is 15.9. The molecule has 0 bridgehead atoms. The molecule has 0 atom stereocenters. The highest BCUT2D eigenvalue weighted by molar-refractivity contribution is 6.09. The zero-order valence-corrected chi connectivity index (χ0v) is 10.9. The molecule has 0 unspecified atom stereocenters. The first-order chi connectivity index (χ1) is 10.5. The van der Waals surface area contributed by atoms with Crippen LogP contribution in [0.2, 0.25) is 0 Å². The fourth-order valence-corrected chi connectivity index (χ4v) is 2.04. The van der Waals surface area contributed by atoms with Crippen molar-refractivity contribution in [3.8, 4) is 0 Å². The van der Waals surface area contributed by atoms with E-state index < -0.39 is 22.3 Å². The van der Waals surface area contributed by atoms with Gasteiger partial charge in [-0.1, -0.05) is 0 Å². The number of fused-ring (bicyclic) bond motifs is 1. The maximum atomic E-state index is 13.2. The molecular formula is C15H7F2NO4. The van der Waals surface area contributed by atoms with Crippen LogP contribution in [0.5, 0.6) is 0 Å². The molecule has 7 heteroatoms. The highest BCUT2D eigenvalue weighted by Crippen LogP contribution is 2.25. The van der Waals surface area contributed by atoms with Gasteiger partial charge >= 0.3 is 0 Å². The third kappa shape index (κ3) is 2.32. The molecule has 0 fully saturated rings. The van der Waals surface area contributed by atoms with Crippen LogP contribution in [0.15, 0.2) is 46.9 Å². The summed E-state index contributed by atoms with van der Waals surface area (Å²) in [5.74, 6) is -2.95. The lowest BCUT2D eigenvalue weighted by atomic mass is 10.1. The van der Waals surface area contributed by atoms with Crippen LogP contribution in [0.1, 0.15) is 16.1 Å². The first-order valence-electron chi connectivity index (χ1n) is 6.13. The number of nitro groups is 1. The van der Waals surface area contributed by atoms with Crippen molar-refractivity contribution in [1.29, 1.82) is 0 Å². The first kappa shape index (κ1) is 13.9. The number of nitrogens with zero attached hydrogens (tertiary/aromatic N) is 1. The molecular weight excluding hydrogens is 296 g/mol. The maximum Gasteiger partial charge on any atom is 0.270 e. The Morgan fingerprint density at radius 1 is 1.05 bits per heavy atom. The first-order valence-corrected chi connectivity index (χ1v) is 6.13. The lowest BCUT2D eigenvalue weighted by Crippen LogP contribution is -2.00. The normalized spacial score (nSPS) is 10.8. The second-order valence-corrected chi connectivity index (χ2v) is 4.55. The number of furan rings is 1. The summed E-state index contributed by atoms with van der Waals surface area (Å²) >= 11 is 0. The van der Waals surface area contributed by atoms with Gasteiger partial charge in [-0.2, -0.15) is 0 Å². The van der Waals surface area contributed by atoms with E-state index in [4.69, 9.17) is 4.42 Å². The lowest BCUT2D eigenvalue weighted by molar-refractivity contribution is -0.384. The van der Waals surface area contributed by atoms with Crippen LogP contribution in [0, 0.1) is 21.7 Å². The van der Waals surface area contributed by atoms with Gasteiger partial charge in [-0.3, -0.25) is 14.9 Å². The van der Waals surface area contributed by atoms with E-state index in [1.54, 1.807) is 0 Å². The SMILES string of the molecule is O=C(c1ccc(F)c(F)c1)c1cc2cc([N+](=O)[O-])ccc2o1. The molecule has 3 rings (SSSR count). The number of rotatable bonds is 3. The minimum absolute atomic E-state index is 0.0764. The minimum Gasteiger partial charge on any atom is -0.453 e. The third-order valence-electron chi connectivity index (χ3n) is 3.12. The van der Waals surface area contributed by atoms with Crippen molar-refractivity contribution in [2.75, 3.05) is 0 Å². The maximum absolute atomic E-state index is 13.2. The van der Waals surface area contributed by atoms with E-state index in [1.807, 2.05) is 0 Å². The molecule has 0 saturated carbocycles. The van der Waals surface area contributed by atoms with Crippen LogP contribution in [-0.4, -0.2) is 10.7 Å². The van der Waals surface area contributed by atoms with Gasteiger partial charge in [0.2, 0.25) is 5.78 Å². The predicted molar refractivity (Wildman–Crippen MR) is 72.7 cm³/mol. The molecule has 0 aliphatic heterocycles.